The zero-order valence-electron chi connectivity index (χ0n) is 27.0. The smallest absolute Gasteiger partial charge is 0.407 e. The van der Waals surface area contributed by atoms with E-state index in [1.165, 1.54) is 30.4 Å². The van der Waals surface area contributed by atoms with Crippen LogP contribution < -0.4 is 19.5 Å². The molecule has 0 bridgehead atoms. The highest BCUT2D eigenvalue weighted by molar-refractivity contribution is 6.09. The Bertz CT molecular complexity index is 1380. The molecule has 0 spiro atoms. The number of rotatable bonds is 15. The van der Waals surface area contributed by atoms with Gasteiger partial charge >= 0.3 is 18.0 Å². The first kappa shape index (κ1) is 36.4. The summed E-state index contributed by atoms with van der Waals surface area (Å²) in [6, 6.07) is 9.43. The Morgan fingerprint density at radius 2 is 1.51 bits per heavy atom. The molecule has 0 aliphatic rings. The summed E-state index contributed by atoms with van der Waals surface area (Å²) in [6.07, 6.45) is 3.85. The van der Waals surface area contributed by atoms with Crippen molar-refractivity contribution in [2.24, 2.45) is 0 Å². The van der Waals surface area contributed by atoms with Gasteiger partial charge in [-0.2, -0.15) is 0 Å². The average Bonchev–Trinajstić information content (AvgIpc) is 2.94. The van der Waals surface area contributed by atoms with Gasteiger partial charge in [0.2, 0.25) is 0 Å². The number of alkyl carbamates (subject to hydrolysis) is 1. The van der Waals surface area contributed by atoms with E-state index >= 15 is 0 Å². The van der Waals surface area contributed by atoms with E-state index in [2.05, 4.69) is 11.9 Å². The Morgan fingerprint density at radius 3 is 2.16 bits per heavy atom. The van der Waals surface area contributed by atoms with Crippen LogP contribution in [0.4, 0.5) is 4.79 Å². The fourth-order valence-corrected chi connectivity index (χ4v) is 3.62. The number of allylic oxidation sites excluding steroid dienone is 1. The Hall–Kier alpha value is -4.80. The minimum absolute atomic E-state index is 0.0837. The fraction of sp³-hybridized carbons (Fsp3) is 0.412. The van der Waals surface area contributed by atoms with E-state index in [-0.39, 0.29) is 43.2 Å². The van der Waals surface area contributed by atoms with Gasteiger partial charge in [-0.3, -0.25) is 4.79 Å². The summed E-state index contributed by atoms with van der Waals surface area (Å²) in [7, 11) is 0. The van der Waals surface area contributed by atoms with E-state index < -0.39 is 41.6 Å². The Kier molecular flexibility index (Phi) is 13.7. The van der Waals surface area contributed by atoms with Crippen molar-refractivity contribution in [1.29, 1.82) is 0 Å². The number of nitrogens with one attached hydrogen (secondary N) is 1. The quantitative estimate of drug-likeness (QED) is 0.0632. The Morgan fingerprint density at radius 1 is 0.844 bits per heavy atom. The van der Waals surface area contributed by atoms with Crippen LogP contribution in [-0.4, -0.2) is 68.0 Å². The predicted molar refractivity (Wildman–Crippen MR) is 169 cm³/mol. The van der Waals surface area contributed by atoms with Gasteiger partial charge in [0.15, 0.2) is 12.4 Å². The summed E-state index contributed by atoms with van der Waals surface area (Å²) in [6.45, 7) is 16.1. The molecule has 0 atom stereocenters. The van der Waals surface area contributed by atoms with E-state index in [1.807, 2.05) is 0 Å². The highest BCUT2D eigenvalue weighted by Gasteiger charge is 2.20. The molecule has 0 aliphatic heterocycles. The van der Waals surface area contributed by atoms with Crippen molar-refractivity contribution in [3.63, 3.8) is 0 Å². The lowest BCUT2D eigenvalue weighted by molar-refractivity contribution is -0.157. The van der Waals surface area contributed by atoms with Crippen LogP contribution in [0.3, 0.4) is 0 Å². The number of ether oxygens (including phenoxy) is 6. The normalized spacial score (nSPS) is 11.4. The largest absolute Gasteiger partial charge is 0.492 e. The number of carbonyl (C=O) groups is 4. The van der Waals surface area contributed by atoms with Crippen molar-refractivity contribution in [2.45, 2.75) is 59.7 Å². The van der Waals surface area contributed by atoms with Crippen molar-refractivity contribution >= 4 is 29.9 Å². The van der Waals surface area contributed by atoms with Gasteiger partial charge in [-0.05, 0) is 90.4 Å². The maximum absolute atomic E-state index is 13.3. The topological polar surface area (TPSA) is 136 Å². The lowest BCUT2D eigenvalue weighted by atomic mass is 10.1. The van der Waals surface area contributed by atoms with Crippen LogP contribution in [0.25, 0.3) is 6.08 Å². The first-order valence-corrected chi connectivity index (χ1v) is 14.5. The molecule has 2 aromatic carbocycles. The van der Waals surface area contributed by atoms with Crippen LogP contribution in [0.5, 0.6) is 17.2 Å². The summed E-state index contributed by atoms with van der Waals surface area (Å²) in [5.74, 6) is -0.791. The van der Waals surface area contributed by atoms with E-state index in [9.17, 15) is 19.2 Å². The molecule has 11 heteroatoms. The third-order valence-corrected chi connectivity index (χ3v) is 5.30. The zero-order chi connectivity index (χ0) is 33.6. The van der Waals surface area contributed by atoms with Crippen LogP contribution in [0, 0.1) is 0 Å². The van der Waals surface area contributed by atoms with E-state index in [0.717, 1.165) is 0 Å². The number of carbonyl (C=O) groups excluding carboxylic acids is 4. The van der Waals surface area contributed by atoms with Crippen molar-refractivity contribution in [1.82, 2.24) is 5.32 Å². The number of ketones is 1. The van der Waals surface area contributed by atoms with Gasteiger partial charge in [-0.1, -0.05) is 24.8 Å². The summed E-state index contributed by atoms with van der Waals surface area (Å²) >= 11 is 0. The molecule has 0 radical (unpaired) electrons. The zero-order valence-corrected chi connectivity index (χ0v) is 27.0. The lowest BCUT2D eigenvalue weighted by Gasteiger charge is -2.19. The molecule has 0 saturated carbocycles. The minimum atomic E-state index is -0.688. The fourth-order valence-electron chi connectivity index (χ4n) is 3.62. The molecule has 2 rings (SSSR count). The molecular formula is C34H43NO10. The van der Waals surface area contributed by atoms with Gasteiger partial charge in [0.25, 0.3) is 0 Å². The second-order valence-electron chi connectivity index (χ2n) is 11.6. The highest BCUT2D eigenvalue weighted by Crippen LogP contribution is 2.27. The maximum atomic E-state index is 13.3. The molecule has 1 N–H and O–H groups in total. The van der Waals surface area contributed by atoms with Crippen LogP contribution in [0.2, 0.25) is 0 Å². The summed E-state index contributed by atoms with van der Waals surface area (Å²) < 4.78 is 32.6. The van der Waals surface area contributed by atoms with Crippen molar-refractivity contribution in [3.8, 4) is 17.2 Å². The molecule has 0 aromatic heterocycles. The predicted octanol–water partition coefficient (Wildman–Crippen LogP) is 5.95. The van der Waals surface area contributed by atoms with Gasteiger partial charge < -0.3 is 33.7 Å². The molecule has 244 valence electrons. The molecule has 2 aromatic rings. The number of benzene rings is 2. The lowest BCUT2D eigenvalue weighted by Crippen LogP contribution is -2.34. The monoisotopic (exact) mass is 625 g/mol. The third kappa shape index (κ3) is 13.6. The van der Waals surface area contributed by atoms with E-state index in [4.69, 9.17) is 28.4 Å². The molecule has 0 saturated heterocycles. The van der Waals surface area contributed by atoms with Gasteiger partial charge in [0, 0.05) is 0 Å². The molecule has 45 heavy (non-hydrogen) atoms. The SMILES string of the molecule is C=CCOc1ccc(OCCNC(=O)OC(C)(C)C)cc1C(=O)C=Cc1ccc(OCC(=O)OC(C)(C)C)c(C(=O)OCC)c1. The molecule has 0 heterocycles. The van der Waals surface area contributed by atoms with Gasteiger partial charge in [-0.15, -0.1) is 0 Å². The summed E-state index contributed by atoms with van der Waals surface area (Å²) in [5.41, 5.74) is -0.487. The summed E-state index contributed by atoms with van der Waals surface area (Å²) in [5, 5.41) is 2.61. The third-order valence-electron chi connectivity index (χ3n) is 5.30. The average molecular weight is 626 g/mol. The Balaban J connectivity index is 2.21. The number of hydrogen-bond donors (Lipinski definition) is 1. The van der Waals surface area contributed by atoms with Crippen LogP contribution in [0.15, 0.2) is 55.1 Å². The standard InChI is InChI=1S/C34H43NO10/c1-9-18-42-28-16-13-24(41-19-17-35-32(39)45-34(6,7)8)21-25(28)27(36)14-11-23-12-15-29(26(20-23)31(38)40-10-2)43-22-30(37)44-33(3,4)5/h9,11-16,20-21H,1,10,17-19,22H2,2-8H3,(H,35,39). The van der Waals surface area contributed by atoms with Crippen molar-refractivity contribution < 1.29 is 47.6 Å². The second kappa shape index (κ2) is 16.9. The van der Waals surface area contributed by atoms with Crippen LogP contribution >= 0.6 is 0 Å². The molecular weight excluding hydrogens is 582 g/mol. The van der Waals surface area contributed by atoms with E-state index in [1.54, 1.807) is 72.7 Å². The van der Waals surface area contributed by atoms with Crippen molar-refractivity contribution in [2.75, 3.05) is 33.0 Å². The number of amides is 1. The minimum Gasteiger partial charge on any atom is -0.492 e. The first-order valence-electron chi connectivity index (χ1n) is 14.5. The highest BCUT2D eigenvalue weighted by atomic mass is 16.6. The van der Waals surface area contributed by atoms with Gasteiger partial charge in [0.1, 0.15) is 47.2 Å². The number of hydrogen-bond acceptors (Lipinski definition) is 10. The number of esters is 2. The molecule has 0 fully saturated rings. The van der Waals surface area contributed by atoms with Crippen LogP contribution in [-0.2, 0) is 19.0 Å². The van der Waals surface area contributed by atoms with Gasteiger partial charge in [-0.25, -0.2) is 14.4 Å². The molecule has 0 unspecified atom stereocenters. The Labute approximate surface area is 264 Å². The van der Waals surface area contributed by atoms with E-state index in [0.29, 0.717) is 17.1 Å². The molecule has 11 nitrogen and oxygen atoms in total. The molecule has 0 aliphatic carbocycles. The molecule has 1 amide bonds. The van der Waals surface area contributed by atoms with Crippen LogP contribution in [0.1, 0.15) is 74.7 Å². The van der Waals surface area contributed by atoms with Crippen molar-refractivity contribution in [3.05, 3.63) is 71.8 Å². The first-order chi connectivity index (χ1) is 21.1. The van der Waals surface area contributed by atoms with Gasteiger partial charge in [0.05, 0.1) is 18.7 Å². The summed E-state index contributed by atoms with van der Waals surface area (Å²) in [4.78, 5) is 49.9. The second-order valence-corrected chi connectivity index (χ2v) is 11.6. The maximum Gasteiger partial charge on any atom is 0.407 e.